The molecule has 9 nitrogen and oxygen atoms in total. The van der Waals surface area contributed by atoms with Crippen LogP contribution in [0.4, 0.5) is 0 Å². The minimum atomic E-state index is -0.971. The predicted octanol–water partition coefficient (Wildman–Crippen LogP) is 2.61. The van der Waals surface area contributed by atoms with E-state index < -0.39 is 29.1 Å². The summed E-state index contributed by atoms with van der Waals surface area (Å²) >= 11 is 0. The van der Waals surface area contributed by atoms with Crippen LogP contribution in [-0.4, -0.2) is 44.5 Å². The van der Waals surface area contributed by atoms with Crippen LogP contribution in [0.25, 0.3) is 16.6 Å². The van der Waals surface area contributed by atoms with Gasteiger partial charge in [0.1, 0.15) is 5.56 Å². The average Bonchev–Trinajstić information content (AvgIpc) is 3.22. The van der Waals surface area contributed by atoms with Crippen molar-refractivity contribution in [2.45, 2.75) is 26.3 Å². The van der Waals surface area contributed by atoms with E-state index in [2.05, 4.69) is 15.0 Å². The first kappa shape index (κ1) is 22.8. The number of aromatic nitrogens is 3. The maximum Gasteiger partial charge on any atom is 0.335 e. The lowest BCUT2D eigenvalue weighted by Gasteiger charge is -2.15. The molecule has 9 heteroatoms. The highest BCUT2D eigenvalue weighted by Gasteiger charge is 2.24. The number of aliphatic imine (C=N–C) groups is 1. The number of esters is 1. The van der Waals surface area contributed by atoms with Crippen LogP contribution in [0.3, 0.4) is 0 Å². The molecule has 0 aliphatic rings. The number of nitrogens with one attached hydrogen (secondary N) is 2. The molecule has 0 fully saturated rings. The highest BCUT2D eigenvalue weighted by molar-refractivity contribution is 6.01. The number of aromatic amines is 2. The molecule has 2 aromatic carbocycles. The fraction of sp³-hybridized carbons (Fsp3) is 0.200. The van der Waals surface area contributed by atoms with Crippen LogP contribution in [0.1, 0.15) is 23.6 Å². The summed E-state index contributed by atoms with van der Waals surface area (Å²) in [7, 11) is 1.26. The lowest BCUT2D eigenvalue weighted by Crippen LogP contribution is -2.34. The number of nitrogens with zero attached hydrogens (tertiary/aromatic N) is 2. The minimum Gasteiger partial charge on any atom is -0.493 e. The number of aryl methyl sites for hydroxylation is 1. The van der Waals surface area contributed by atoms with Gasteiger partial charge in [-0.1, -0.05) is 36.4 Å². The molecule has 0 aliphatic carbocycles. The molecule has 174 valence electrons. The van der Waals surface area contributed by atoms with Crippen LogP contribution < -0.4 is 11.2 Å². The smallest absolute Gasteiger partial charge is 0.335 e. The van der Waals surface area contributed by atoms with Crippen LogP contribution in [0.2, 0.25) is 0 Å². The highest BCUT2D eigenvalue weighted by atomic mass is 16.5. The second-order valence-electron chi connectivity index (χ2n) is 7.90. The molecule has 2 heterocycles. The number of hydrogen-bond acceptors (Lipinski definition) is 6. The Kier molecular flexibility index (Phi) is 6.18. The Labute approximate surface area is 194 Å². The van der Waals surface area contributed by atoms with Crippen LogP contribution >= 0.6 is 0 Å². The van der Waals surface area contributed by atoms with E-state index in [-0.39, 0.29) is 17.7 Å². The standard InChI is InChI=1S/C25H24N4O5/c1-14-8-4-7-11-20(14)29-23(31)21(22(30)28-25(29)33)15(2)27-19(24(32)34-3)12-16-13-26-18-10-6-5-9-17(16)18/h4-11,13,19,26,31H,12H2,1-3H3,(H,28,30,33)/t19-/m0/s1. The molecule has 3 N–H and O–H groups in total. The molecule has 0 saturated heterocycles. The number of methoxy groups -OCH3 is 1. The zero-order chi connectivity index (χ0) is 24.4. The predicted molar refractivity (Wildman–Crippen MR) is 129 cm³/mol. The van der Waals surface area contributed by atoms with Crippen LogP contribution in [-0.2, 0) is 16.0 Å². The van der Waals surface area contributed by atoms with Gasteiger partial charge in [0.25, 0.3) is 5.56 Å². The molecule has 0 aliphatic heterocycles. The van der Waals surface area contributed by atoms with E-state index in [9.17, 15) is 19.5 Å². The van der Waals surface area contributed by atoms with Gasteiger partial charge >= 0.3 is 11.7 Å². The second-order valence-corrected chi connectivity index (χ2v) is 7.90. The molecule has 0 unspecified atom stereocenters. The topological polar surface area (TPSA) is 130 Å². The summed E-state index contributed by atoms with van der Waals surface area (Å²) < 4.78 is 5.95. The molecule has 2 aromatic heterocycles. The number of rotatable bonds is 6. The van der Waals surface area contributed by atoms with Crippen LogP contribution in [0.15, 0.2) is 69.3 Å². The monoisotopic (exact) mass is 460 g/mol. The van der Waals surface area contributed by atoms with Gasteiger partial charge in [-0.25, -0.2) is 14.2 Å². The third-order valence-electron chi connectivity index (χ3n) is 5.72. The van der Waals surface area contributed by atoms with Crippen molar-refractivity contribution < 1.29 is 14.6 Å². The first-order valence-electron chi connectivity index (χ1n) is 10.6. The first-order valence-corrected chi connectivity index (χ1v) is 10.6. The molecule has 0 saturated carbocycles. The molecular weight excluding hydrogens is 436 g/mol. The third-order valence-corrected chi connectivity index (χ3v) is 5.72. The van der Waals surface area contributed by atoms with Crippen molar-refractivity contribution in [3.63, 3.8) is 0 Å². The maximum absolute atomic E-state index is 12.7. The van der Waals surface area contributed by atoms with Crippen LogP contribution in [0.5, 0.6) is 5.88 Å². The zero-order valence-electron chi connectivity index (χ0n) is 19.0. The summed E-state index contributed by atoms with van der Waals surface area (Å²) in [6.07, 6.45) is 2.01. The summed E-state index contributed by atoms with van der Waals surface area (Å²) in [5.74, 6) is -1.15. The van der Waals surface area contributed by atoms with Crippen molar-refractivity contribution in [2.24, 2.45) is 4.99 Å². The molecule has 0 bridgehead atoms. The van der Waals surface area contributed by atoms with Crippen molar-refractivity contribution in [3.8, 4) is 11.6 Å². The number of hydrogen-bond donors (Lipinski definition) is 3. The maximum atomic E-state index is 12.7. The Balaban J connectivity index is 1.81. The molecule has 0 spiro atoms. The number of para-hydroxylation sites is 2. The van der Waals surface area contributed by atoms with Gasteiger partial charge in [0.05, 0.1) is 18.5 Å². The van der Waals surface area contributed by atoms with E-state index in [1.165, 1.54) is 14.0 Å². The first-order chi connectivity index (χ1) is 16.3. The van der Waals surface area contributed by atoms with E-state index in [4.69, 9.17) is 4.74 Å². The van der Waals surface area contributed by atoms with Gasteiger partial charge in [0.2, 0.25) is 5.88 Å². The Morgan fingerprint density at radius 2 is 1.85 bits per heavy atom. The van der Waals surface area contributed by atoms with Gasteiger partial charge in [0, 0.05) is 23.5 Å². The van der Waals surface area contributed by atoms with Crippen molar-refractivity contribution in [1.82, 2.24) is 14.5 Å². The Morgan fingerprint density at radius 3 is 2.59 bits per heavy atom. The molecular formula is C25H24N4O5. The SMILES string of the molecule is COC(=O)[C@H](Cc1c[nH]c2ccccc12)N=C(C)c1c(O)n(-c2ccccc2C)c(=O)[nH]c1=O. The molecule has 0 radical (unpaired) electrons. The molecule has 0 amide bonds. The van der Waals surface area contributed by atoms with E-state index in [1.54, 1.807) is 37.4 Å². The fourth-order valence-corrected chi connectivity index (χ4v) is 4.01. The largest absolute Gasteiger partial charge is 0.493 e. The summed E-state index contributed by atoms with van der Waals surface area (Å²) in [5.41, 5.74) is 1.22. The van der Waals surface area contributed by atoms with Gasteiger partial charge in [-0.3, -0.25) is 14.8 Å². The lowest BCUT2D eigenvalue weighted by molar-refractivity contribution is -0.142. The normalized spacial score (nSPS) is 12.6. The summed E-state index contributed by atoms with van der Waals surface area (Å²) in [4.78, 5) is 47.6. The van der Waals surface area contributed by atoms with E-state index >= 15 is 0 Å². The minimum absolute atomic E-state index is 0.0938. The van der Waals surface area contributed by atoms with Gasteiger partial charge in [-0.05, 0) is 37.1 Å². The van der Waals surface area contributed by atoms with E-state index in [1.807, 2.05) is 24.3 Å². The quantitative estimate of drug-likeness (QED) is 0.301. The second kappa shape index (κ2) is 9.22. The lowest BCUT2D eigenvalue weighted by atomic mass is 10.0. The van der Waals surface area contributed by atoms with Gasteiger partial charge in [-0.15, -0.1) is 0 Å². The zero-order valence-corrected chi connectivity index (χ0v) is 19.0. The summed E-state index contributed by atoms with van der Waals surface area (Å²) in [6, 6.07) is 13.6. The number of ether oxygens (including phenoxy) is 1. The van der Waals surface area contributed by atoms with Gasteiger partial charge < -0.3 is 14.8 Å². The number of benzene rings is 2. The molecule has 1 atom stereocenters. The number of carbonyl (C=O) groups is 1. The average molecular weight is 460 g/mol. The van der Waals surface area contributed by atoms with Crippen molar-refractivity contribution >= 4 is 22.6 Å². The Bertz CT molecular complexity index is 1530. The van der Waals surface area contributed by atoms with Gasteiger partial charge in [0.15, 0.2) is 6.04 Å². The molecule has 4 aromatic rings. The fourth-order valence-electron chi connectivity index (χ4n) is 4.01. The number of aromatic hydroxyl groups is 1. The highest BCUT2D eigenvalue weighted by Crippen LogP contribution is 2.22. The number of H-pyrrole nitrogens is 2. The van der Waals surface area contributed by atoms with Crippen molar-refractivity contribution in [2.75, 3.05) is 7.11 Å². The number of carbonyl (C=O) groups excluding carboxylic acids is 1. The molecule has 34 heavy (non-hydrogen) atoms. The number of fused-ring (bicyclic) bond motifs is 1. The van der Waals surface area contributed by atoms with E-state index in [0.29, 0.717) is 5.69 Å². The Morgan fingerprint density at radius 1 is 1.15 bits per heavy atom. The summed E-state index contributed by atoms with van der Waals surface area (Å²) in [5, 5.41) is 11.9. The van der Waals surface area contributed by atoms with E-state index in [0.717, 1.165) is 26.6 Å². The van der Waals surface area contributed by atoms with Gasteiger partial charge in [-0.2, -0.15) is 0 Å². The molecule has 4 rings (SSSR count). The van der Waals surface area contributed by atoms with Crippen molar-refractivity contribution in [3.05, 3.63) is 92.3 Å². The van der Waals surface area contributed by atoms with Crippen LogP contribution in [0, 0.1) is 6.92 Å². The Hall–Kier alpha value is -4.40. The summed E-state index contributed by atoms with van der Waals surface area (Å²) in [6.45, 7) is 3.28. The van der Waals surface area contributed by atoms with Crippen molar-refractivity contribution in [1.29, 1.82) is 0 Å². The third kappa shape index (κ3) is 4.15.